The number of rotatable bonds is 2. The van der Waals surface area contributed by atoms with Gasteiger partial charge in [0.15, 0.2) is 11.6 Å². The van der Waals surface area contributed by atoms with E-state index in [1.807, 2.05) is 0 Å². The Kier molecular flexibility index (Phi) is 3.30. The largest absolute Gasteiger partial charge is 0.494 e. The van der Waals surface area contributed by atoms with E-state index in [0.29, 0.717) is 5.69 Å². The molecule has 2 aromatic rings. The van der Waals surface area contributed by atoms with Gasteiger partial charge >= 0.3 is 0 Å². The summed E-state index contributed by atoms with van der Waals surface area (Å²) >= 11 is 1.80. The number of benzene rings is 1. The molecule has 0 aliphatic carbocycles. The number of nitrogen functional groups attached to an aromatic ring is 1. The van der Waals surface area contributed by atoms with Crippen molar-refractivity contribution in [1.29, 1.82) is 0 Å². The summed E-state index contributed by atoms with van der Waals surface area (Å²) < 4.78 is 18.7. The predicted molar refractivity (Wildman–Crippen MR) is 81.1 cm³/mol. The van der Waals surface area contributed by atoms with Crippen molar-refractivity contribution < 1.29 is 9.13 Å². The number of halogens is 1. The summed E-state index contributed by atoms with van der Waals surface area (Å²) in [5.41, 5.74) is 8.63. The molecule has 3 rings (SSSR count). The van der Waals surface area contributed by atoms with Crippen LogP contribution in [0.4, 0.5) is 15.8 Å². The molecule has 106 valence electrons. The molecule has 0 saturated heterocycles. The first kappa shape index (κ1) is 13.2. The quantitative estimate of drug-likeness (QED) is 0.860. The lowest BCUT2D eigenvalue weighted by atomic mass is 10.00. The van der Waals surface area contributed by atoms with Crippen molar-refractivity contribution in [1.82, 2.24) is 0 Å². The molecule has 5 heteroatoms. The fourth-order valence-corrected chi connectivity index (χ4v) is 3.76. The molecule has 3 nitrogen and oxygen atoms in total. The van der Waals surface area contributed by atoms with Gasteiger partial charge in [-0.25, -0.2) is 4.39 Å². The highest BCUT2D eigenvalue weighted by molar-refractivity contribution is 7.10. The molecule has 1 aliphatic rings. The van der Waals surface area contributed by atoms with Gasteiger partial charge in [0.1, 0.15) is 0 Å². The molecule has 0 fully saturated rings. The number of anilines is 2. The smallest absolute Gasteiger partial charge is 0.167 e. The maximum atomic E-state index is 13.7. The van der Waals surface area contributed by atoms with Crippen LogP contribution in [0.25, 0.3) is 0 Å². The summed E-state index contributed by atoms with van der Waals surface area (Å²) in [6, 6.07) is 5.43. The number of hydrogen-bond acceptors (Lipinski definition) is 4. The zero-order valence-corrected chi connectivity index (χ0v) is 12.3. The van der Waals surface area contributed by atoms with Crippen molar-refractivity contribution in [3.63, 3.8) is 0 Å². The van der Waals surface area contributed by atoms with E-state index in [0.717, 1.165) is 18.7 Å². The average Bonchev–Trinajstić information content (AvgIpc) is 2.89. The predicted octanol–water partition coefficient (Wildman–Crippen LogP) is 3.60. The maximum absolute atomic E-state index is 13.7. The molecule has 1 aromatic carbocycles. The van der Waals surface area contributed by atoms with Crippen LogP contribution in [0.15, 0.2) is 23.6 Å². The van der Waals surface area contributed by atoms with Crippen LogP contribution in [0, 0.1) is 5.82 Å². The zero-order chi connectivity index (χ0) is 14.3. The molecule has 1 aliphatic heterocycles. The third-order valence-corrected chi connectivity index (χ3v) is 4.88. The fraction of sp³-hybridized carbons (Fsp3) is 0.333. The Morgan fingerprint density at radius 3 is 3.00 bits per heavy atom. The molecular weight excluding hydrogens is 275 g/mol. The Bertz CT molecular complexity index is 641. The third-order valence-electron chi connectivity index (χ3n) is 3.89. The van der Waals surface area contributed by atoms with Gasteiger partial charge in [-0.05, 0) is 30.4 Å². The summed E-state index contributed by atoms with van der Waals surface area (Å²) in [4.78, 5) is 3.65. The molecule has 0 radical (unpaired) electrons. The molecule has 0 amide bonds. The highest BCUT2D eigenvalue weighted by atomic mass is 32.1. The first-order chi connectivity index (χ1) is 9.61. The van der Waals surface area contributed by atoms with Crippen LogP contribution >= 0.6 is 11.3 Å². The first-order valence-corrected chi connectivity index (χ1v) is 7.45. The monoisotopic (exact) mass is 292 g/mol. The molecule has 0 spiro atoms. The molecule has 1 atom stereocenters. The van der Waals surface area contributed by atoms with Crippen molar-refractivity contribution >= 4 is 22.7 Å². The van der Waals surface area contributed by atoms with E-state index in [1.165, 1.54) is 23.6 Å². The molecule has 20 heavy (non-hydrogen) atoms. The number of ether oxygens (including phenoxy) is 1. The second kappa shape index (κ2) is 4.98. The van der Waals surface area contributed by atoms with Crippen LogP contribution in [0.2, 0.25) is 0 Å². The molecule has 0 bridgehead atoms. The Morgan fingerprint density at radius 1 is 1.45 bits per heavy atom. The van der Waals surface area contributed by atoms with Crippen molar-refractivity contribution in [2.45, 2.75) is 19.4 Å². The lowest BCUT2D eigenvalue weighted by Crippen LogP contribution is -2.33. The van der Waals surface area contributed by atoms with Crippen molar-refractivity contribution in [2.75, 3.05) is 24.3 Å². The number of fused-ring (bicyclic) bond motifs is 1. The van der Waals surface area contributed by atoms with Crippen molar-refractivity contribution in [3.8, 4) is 5.75 Å². The standard InChI is InChI=1S/C15H17FN2OS/c1-9-10-4-6-20-15(10)3-5-18(9)13-8-14(19-2)11(16)7-12(13)17/h4,6-9H,3,5,17H2,1-2H3. The van der Waals surface area contributed by atoms with Gasteiger partial charge < -0.3 is 15.4 Å². The summed E-state index contributed by atoms with van der Waals surface area (Å²) in [6.07, 6.45) is 0.996. The van der Waals surface area contributed by atoms with Crippen LogP contribution in [-0.4, -0.2) is 13.7 Å². The van der Waals surface area contributed by atoms with Crippen LogP contribution in [0.1, 0.15) is 23.4 Å². The van der Waals surface area contributed by atoms with Crippen LogP contribution in [0.5, 0.6) is 5.75 Å². The lowest BCUT2D eigenvalue weighted by molar-refractivity contribution is 0.386. The maximum Gasteiger partial charge on any atom is 0.167 e. The zero-order valence-electron chi connectivity index (χ0n) is 11.5. The van der Waals surface area contributed by atoms with E-state index in [-0.39, 0.29) is 11.8 Å². The van der Waals surface area contributed by atoms with E-state index >= 15 is 0 Å². The molecule has 0 saturated carbocycles. The number of nitrogens with zero attached hydrogens (tertiary/aromatic N) is 1. The van der Waals surface area contributed by atoms with E-state index in [2.05, 4.69) is 23.3 Å². The number of nitrogens with two attached hydrogens (primary N) is 1. The van der Waals surface area contributed by atoms with E-state index in [9.17, 15) is 4.39 Å². The normalized spacial score (nSPS) is 17.9. The van der Waals surface area contributed by atoms with Gasteiger partial charge in [-0.1, -0.05) is 0 Å². The van der Waals surface area contributed by atoms with Gasteiger partial charge in [-0.2, -0.15) is 0 Å². The Labute approximate surface area is 121 Å². The van der Waals surface area contributed by atoms with Crippen molar-refractivity contribution in [3.05, 3.63) is 39.8 Å². The van der Waals surface area contributed by atoms with Crippen LogP contribution in [-0.2, 0) is 6.42 Å². The van der Waals surface area contributed by atoms with Gasteiger partial charge in [0, 0.05) is 23.6 Å². The Morgan fingerprint density at radius 2 is 2.25 bits per heavy atom. The van der Waals surface area contributed by atoms with E-state index in [1.54, 1.807) is 17.4 Å². The SMILES string of the molecule is COc1cc(N2CCc3sccc3C2C)c(N)cc1F. The summed E-state index contributed by atoms with van der Waals surface area (Å²) in [6.45, 7) is 3.04. The average molecular weight is 292 g/mol. The summed E-state index contributed by atoms with van der Waals surface area (Å²) in [5, 5.41) is 2.12. The first-order valence-electron chi connectivity index (χ1n) is 6.57. The number of thiophene rings is 1. The summed E-state index contributed by atoms with van der Waals surface area (Å²) in [7, 11) is 1.47. The minimum absolute atomic E-state index is 0.234. The topological polar surface area (TPSA) is 38.5 Å². The molecule has 1 aromatic heterocycles. The minimum atomic E-state index is -0.422. The van der Waals surface area contributed by atoms with Gasteiger partial charge in [-0.15, -0.1) is 11.3 Å². The minimum Gasteiger partial charge on any atom is -0.494 e. The van der Waals surface area contributed by atoms with Crippen molar-refractivity contribution in [2.24, 2.45) is 0 Å². The lowest BCUT2D eigenvalue weighted by Gasteiger charge is -2.36. The highest BCUT2D eigenvalue weighted by Gasteiger charge is 2.26. The molecule has 1 unspecified atom stereocenters. The molecular formula is C15H17FN2OS. The number of methoxy groups -OCH3 is 1. The highest BCUT2D eigenvalue weighted by Crippen LogP contribution is 2.40. The molecule has 2 N–H and O–H groups in total. The second-order valence-electron chi connectivity index (χ2n) is 4.96. The van der Waals surface area contributed by atoms with Gasteiger partial charge in [0.25, 0.3) is 0 Å². The van der Waals surface area contributed by atoms with E-state index < -0.39 is 5.82 Å². The van der Waals surface area contributed by atoms with Crippen LogP contribution in [0.3, 0.4) is 0 Å². The van der Waals surface area contributed by atoms with Gasteiger partial charge in [0.05, 0.1) is 24.5 Å². The van der Waals surface area contributed by atoms with Crippen LogP contribution < -0.4 is 15.4 Å². The summed E-state index contributed by atoms with van der Waals surface area (Å²) in [5.74, 6) is -0.188. The fourth-order valence-electron chi connectivity index (χ4n) is 2.80. The van der Waals surface area contributed by atoms with Gasteiger partial charge in [-0.3, -0.25) is 0 Å². The Balaban J connectivity index is 2.02. The molecule has 2 heterocycles. The van der Waals surface area contributed by atoms with Gasteiger partial charge in [0.2, 0.25) is 0 Å². The third kappa shape index (κ3) is 2.02. The second-order valence-corrected chi connectivity index (χ2v) is 5.96. The number of hydrogen-bond donors (Lipinski definition) is 1. The Hall–Kier alpha value is -1.75. The van der Waals surface area contributed by atoms with E-state index in [4.69, 9.17) is 10.5 Å².